The molecule has 0 unspecified atom stereocenters. The Morgan fingerprint density at radius 3 is 2.47 bits per heavy atom. The smallest absolute Gasteiger partial charge is 0.276 e. The lowest BCUT2D eigenvalue weighted by molar-refractivity contribution is 0.102. The number of hydrogen-bond acceptors (Lipinski definition) is 7. The number of hydrogen-bond donors (Lipinski definition) is 4. The molecule has 9 heteroatoms. The summed E-state index contributed by atoms with van der Waals surface area (Å²) in [4.78, 5) is 21.3. The van der Waals surface area contributed by atoms with Gasteiger partial charge in [0.2, 0.25) is 0 Å². The summed E-state index contributed by atoms with van der Waals surface area (Å²) >= 11 is 0. The highest BCUT2D eigenvalue weighted by molar-refractivity contribution is 6.03. The van der Waals surface area contributed by atoms with Crippen molar-refractivity contribution in [1.29, 1.82) is 0 Å². The van der Waals surface area contributed by atoms with Gasteiger partial charge in [-0.1, -0.05) is 0 Å². The summed E-state index contributed by atoms with van der Waals surface area (Å²) in [6.07, 6.45) is 11.2. The maximum Gasteiger partial charge on any atom is 0.276 e. The number of fused-ring (bicyclic) bond motifs is 1. The number of rotatable bonds is 6. The molecule has 3 heterocycles. The second-order valence-electron chi connectivity index (χ2n) is 8.19. The predicted molar refractivity (Wildman–Crippen MR) is 116 cm³/mol. The van der Waals surface area contributed by atoms with Crippen molar-refractivity contribution < 1.29 is 4.79 Å². The highest BCUT2D eigenvalue weighted by Gasteiger charge is 2.25. The quantitative estimate of drug-likeness (QED) is 0.496. The topological polar surface area (TPSA) is 122 Å². The van der Waals surface area contributed by atoms with E-state index >= 15 is 0 Å². The number of nitrogens with zero attached hydrogens (tertiary/aromatic N) is 4. The van der Waals surface area contributed by atoms with Gasteiger partial charge in [0.15, 0.2) is 11.3 Å². The van der Waals surface area contributed by atoms with Crippen molar-refractivity contribution in [3.8, 4) is 0 Å². The van der Waals surface area contributed by atoms with Gasteiger partial charge in [0, 0.05) is 42.3 Å². The zero-order valence-electron chi connectivity index (χ0n) is 16.7. The average Bonchev–Trinajstić information content (AvgIpc) is 3.46. The lowest BCUT2D eigenvalue weighted by atomic mass is 9.92. The molecule has 0 spiro atoms. The molecule has 0 radical (unpaired) electrons. The third-order valence-electron chi connectivity index (χ3n) is 5.70. The van der Waals surface area contributed by atoms with E-state index in [2.05, 4.69) is 25.9 Å². The molecule has 156 valence electrons. The Hall–Kier alpha value is -3.20. The second-order valence-corrected chi connectivity index (χ2v) is 8.19. The van der Waals surface area contributed by atoms with E-state index in [0.29, 0.717) is 35.2 Å². The van der Waals surface area contributed by atoms with Crippen molar-refractivity contribution in [2.75, 3.05) is 16.0 Å². The first-order valence-electron chi connectivity index (χ1n) is 10.5. The minimum absolute atomic E-state index is 0.264. The summed E-state index contributed by atoms with van der Waals surface area (Å²) in [6, 6.07) is 6.58. The van der Waals surface area contributed by atoms with Crippen LogP contribution in [0.15, 0.2) is 36.8 Å². The van der Waals surface area contributed by atoms with Crippen LogP contribution in [-0.4, -0.2) is 43.6 Å². The summed E-state index contributed by atoms with van der Waals surface area (Å²) in [5.41, 5.74) is 8.64. The van der Waals surface area contributed by atoms with Crippen LogP contribution in [0.5, 0.6) is 0 Å². The number of carbonyl (C=O) groups excluding carboxylic acids is 1. The van der Waals surface area contributed by atoms with Crippen LogP contribution in [0.3, 0.4) is 0 Å². The molecule has 0 atom stereocenters. The minimum atomic E-state index is -0.264. The second kappa shape index (κ2) is 7.91. The maximum atomic E-state index is 12.9. The van der Waals surface area contributed by atoms with Crippen LogP contribution in [0.25, 0.3) is 5.65 Å². The molecule has 0 saturated heterocycles. The van der Waals surface area contributed by atoms with E-state index in [9.17, 15) is 4.79 Å². The molecule has 5 rings (SSSR count). The number of aromatic nitrogens is 4. The Kier molecular flexibility index (Phi) is 4.96. The molecule has 2 fully saturated rings. The van der Waals surface area contributed by atoms with Crippen molar-refractivity contribution in [1.82, 2.24) is 19.6 Å². The minimum Gasteiger partial charge on any atom is -0.379 e. The molecule has 2 aliphatic rings. The summed E-state index contributed by atoms with van der Waals surface area (Å²) in [5.74, 6) is 0.474. The van der Waals surface area contributed by atoms with E-state index in [1.54, 1.807) is 35.2 Å². The van der Waals surface area contributed by atoms with E-state index in [4.69, 9.17) is 10.8 Å². The third kappa shape index (κ3) is 4.06. The Bertz CT molecular complexity index is 1040. The fraction of sp³-hybridized carbons (Fsp3) is 0.429. The summed E-state index contributed by atoms with van der Waals surface area (Å²) < 4.78 is 1.62. The predicted octanol–water partition coefficient (Wildman–Crippen LogP) is 2.63. The monoisotopic (exact) mass is 406 g/mol. The molecular formula is C21H26N8O. The van der Waals surface area contributed by atoms with Crippen molar-refractivity contribution in [3.05, 3.63) is 42.5 Å². The molecular weight excluding hydrogens is 380 g/mol. The lowest BCUT2D eigenvalue weighted by Gasteiger charge is -2.27. The molecule has 0 bridgehead atoms. The SMILES string of the molecule is NC1CCC(Nc2cc(NC3CC3)c3ncc(C(=O)Nc4ccncc4)n3n2)CC1. The van der Waals surface area contributed by atoms with Gasteiger partial charge in [0.25, 0.3) is 5.91 Å². The van der Waals surface area contributed by atoms with E-state index in [0.717, 1.165) is 50.0 Å². The highest BCUT2D eigenvalue weighted by atomic mass is 16.2. The van der Waals surface area contributed by atoms with Gasteiger partial charge in [-0.2, -0.15) is 0 Å². The number of pyridine rings is 1. The first kappa shape index (κ1) is 18.8. The molecule has 2 saturated carbocycles. The van der Waals surface area contributed by atoms with Gasteiger partial charge in [0.05, 0.1) is 11.9 Å². The van der Waals surface area contributed by atoms with Crippen molar-refractivity contribution in [2.24, 2.45) is 5.73 Å². The van der Waals surface area contributed by atoms with Gasteiger partial charge in [-0.3, -0.25) is 9.78 Å². The van der Waals surface area contributed by atoms with Gasteiger partial charge in [0.1, 0.15) is 5.82 Å². The standard InChI is InChI=1S/C21H26N8O/c22-13-1-3-15(4-2-13)26-19-11-17(25-14-5-6-14)20-24-12-18(29(20)28-19)21(30)27-16-7-9-23-10-8-16/h7-15,25H,1-6,22H2,(H,26,28)(H,23,27,30). The number of anilines is 3. The number of imidazole rings is 1. The van der Waals surface area contributed by atoms with E-state index in [1.807, 2.05) is 6.07 Å². The Morgan fingerprint density at radius 1 is 1.03 bits per heavy atom. The molecule has 3 aromatic heterocycles. The highest BCUT2D eigenvalue weighted by Crippen LogP contribution is 2.29. The number of amides is 1. The third-order valence-corrected chi connectivity index (χ3v) is 5.70. The van der Waals surface area contributed by atoms with E-state index in [-0.39, 0.29) is 5.91 Å². The molecule has 0 aliphatic heterocycles. The average molecular weight is 406 g/mol. The number of nitrogens with one attached hydrogen (secondary N) is 3. The van der Waals surface area contributed by atoms with Crippen molar-refractivity contribution in [2.45, 2.75) is 56.7 Å². The number of carbonyl (C=O) groups is 1. The Balaban J connectivity index is 1.45. The molecule has 5 N–H and O–H groups in total. The zero-order valence-corrected chi connectivity index (χ0v) is 16.7. The van der Waals surface area contributed by atoms with Gasteiger partial charge in [-0.15, -0.1) is 5.10 Å². The maximum absolute atomic E-state index is 12.9. The van der Waals surface area contributed by atoms with Crippen LogP contribution in [0.4, 0.5) is 17.2 Å². The van der Waals surface area contributed by atoms with Gasteiger partial charge < -0.3 is 21.7 Å². The van der Waals surface area contributed by atoms with Crippen molar-refractivity contribution >= 4 is 28.7 Å². The van der Waals surface area contributed by atoms with Crippen molar-refractivity contribution in [3.63, 3.8) is 0 Å². The van der Waals surface area contributed by atoms with Gasteiger partial charge >= 0.3 is 0 Å². The molecule has 30 heavy (non-hydrogen) atoms. The number of nitrogens with two attached hydrogens (primary N) is 1. The van der Waals surface area contributed by atoms with E-state index in [1.165, 1.54) is 0 Å². The first-order chi connectivity index (χ1) is 14.7. The molecule has 1 amide bonds. The van der Waals surface area contributed by atoms with Gasteiger partial charge in [-0.05, 0) is 50.7 Å². The molecule has 2 aliphatic carbocycles. The largest absolute Gasteiger partial charge is 0.379 e. The van der Waals surface area contributed by atoms with Crippen LogP contribution in [0.1, 0.15) is 49.0 Å². The Morgan fingerprint density at radius 2 is 1.73 bits per heavy atom. The molecule has 3 aromatic rings. The van der Waals surface area contributed by atoms with E-state index < -0.39 is 0 Å². The van der Waals surface area contributed by atoms with Crippen LogP contribution in [0.2, 0.25) is 0 Å². The summed E-state index contributed by atoms with van der Waals surface area (Å²) in [6.45, 7) is 0. The lowest BCUT2D eigenvalue weighted by Crippen LogP contribution is -2.33. The van der Waals surface area contributed by atoms with Gasteiger partial charge in [-0.25, -0.2) is 9.50 Å². The fourth-order valence-corrected chi connectivity index (χ4v) is 3.85. The van der Waals surface area contributed by atoms with Crippen LogP contribution < -0.4 is 21.7 Å². The first-order valence-corrected chi connectivity index (χ1v) is 10.5. The normalized spacial score (nSPS) is 21.4. The van der Waals surface area contributed by atoms with Crippen LogP contribution in [0, 0.1) is 0 Å². The van der Waals surface area contributed by atoms with Crippen LogP contribution in [-0.2, 0) is 0 Å². The van der Waals surface area contributed by atoms with Crippen LogP contribution >= 0.6 is 0 Å². The summed E-state index contributed by atoms with van der Waals surface area (Å²) in [7, 11) is 0. The summed E-state index contributed by atoms with van der Waals surface area (Å²) in [5, 5.41) is 14.6. The zero-order chi connectivity index (χ0) is 20.5. The Labute approximate surface area is 174 Å². The molecule has 9 nitrogen and oxygen atoms in total. The fourth-order valence-electron chi connectivity index (χ4n) is 3.85. The molecule has 0 aromatic carbocycles.